The number of halogens is 3. The molecule has 11 heteroatoms. The summed E-state index contributed by atoms with van der Waals surface area (Å²) in [6.45, 7) is -0.340. The number of primary amides is 1. The third-order valence-electron chi connectivity index (χ3n) is 3.56. The highest BCUT2D eigenvalue weighted by molar-refractivity contribution is 7.92. The van der Waals surface area contributed by atoms with Crippen LogP contribution in [0.2, 0.25) is 0 Å². The molecule has 3 N–H and O–H groups in total. The lowest BCUT2D eigenvalue weighted by Gasteiger charge is -2.15. The van der Waals surface area contributed by atoms with Crippen molar-refractivity contribution < 1.29 is 35.9 Å². The lowest BCUT2D eigenvalue weighted by atomic mass is 10.2. The number of amides is 1. The smallest absolute Gasteiger partial charge is 0.493 e. The molecule has 0 radical (unpaired) electrons. The van der Waals surface area contributed by atoms with Gasteiger partial charge in [-0.3, -0.25) is 4.79 Å². The second-order valence-electron chi connectivity index (χ2n) is 5.54. The van der Waals surface area contributed by atoms with Crippen LogP contribution in [-0.4, -0.2) is 33.5 Å². The van der Waals surface area contributed by atoms with E-state index in [4.69, 9.17) is 15.2 Å². The van der Waals surface area contributed by atoms with Crippen LogP contribution >= 0.6 is 0 Å². The molecule has 0 aromatic heterocycles. The molecule has 28 heavy (non-hydrogen) atoms. The normalized spacial score (nSPS) is 11.7. The van der Waals surface area contributed by atoms with E-state index in [0.29, 0.717) is 5.56 Å². The Hall–Kier alpha value is -2.95. The largest absolute Gasteiger partial charge is 0.501 e. The van der Waals surface area contributed by atoms with Crippen LogP contribution in [0, 0.1) is 0 Å². The first-order valence-corrected chi connectivity index (χ1v) is 9.27. The van der Waals surface area contributed by atoms with Gasteiger partial charge in [0.15, 0.2) is 18.1 Å². The Morgan fingerprint density at radius 1 is 1.14 bits per heavy atom. The van der Waals surface area contributed by atoms with Gasteiger partial charge in [-0.2, -0.15) is 13.2 Å². The predicted molar refractivity (Wildman–Crippen MR) is 94.7 cm³/mol. The first kappa shape index (κ1) is 21.4. The van der Waals surface area contributed by atoms with E-state index >= 15 is 0 Å². The highest BCUT2D eigenvalue weighted by Crippen LogP contribution is 2.34. The zero-order valence-corrected chi connectivity index (χ0v) is 15.4. The van der Waals surface area contributed by atoms with Crippen molar-refractivity contribution in [3.05, 3.63) is 48.0 Å². The molecule has 0 heterocycles. The SMILES string of the molecule is COc1cc(CNc2ccccc2S(=O)(=O)C(F)(F)F)ccc1OCC(N)=O. The van der Waals surface area contributed by atoms with E-state index in [1.807, 2.05) is 0 Å². The van der Waals surface area contributed by atoms with E-state index in [1.54, 1.807) is 6.07 Å². The summed E-state index contributed by atoms with van der Waals surface area (Å²) in [6, 6.07) is 9.34. The van der Waals surface area contributed by atoms with Crippen molar-refractivity contribution in [3.63, 3.8) is 0 Å². The van der Waals surface area contributed by atoms with Crippen LogP contribution in [-0.2, 0) is 21.2 Å². The monoisotopic (exact) mass is 418 g/mol. The average Bonchev–Trinajstić information content (AvgIpc) is 2.64. The Bertz CT molecular complexity index is 962. The van der Waals surface area contributed by atoms with Gasteiger partial charge in [0.2, 0.25) is 0 Å². The molecule has 0 atom stereocenters. The minimum absolute atomic E-state index is 0.0108. The van der Waals surface area contributed by atoms with Gasteiger partial charge in [-0.15, -0.1) is 0 Å². The topological polar surface area (TPSA) is 108 Å². The zero-order chi connectivity index (χ0) is 20.9. The number of benzene rings is 2. The molecule has 0 unspecified atom stereocenters. The molecule has 0 spiro atoms. The zero-order valence-electron chi connectivity index (χ0n) is 14.6. The molecule has 152 valence electrons. The first-order chi connectivity index (χ1) is 13.1. The van der Waals surface area contributed by atoms with Gasteiger partial charge in [0, 0.05) is 6.54 Å². The average molecular weight is 418 g/mol. The highest BCUT2D eigenvalue weighted by atomic mass is 32.2. The van der Waals surface area contributed by atoms with Gasteiger partial charge in [-0.25, -0.2) is 8.42 Å². The van der Waals surface area contributed by atoms with Crippen LogP contribution in [0.1, 0.15) is 5.56 Å². The van der Waals surface area contributed by atoms with Gasteiger partial charge in [0.25, 0.3) is 15.7 Å². The van der Waals surface area contributed by atoms with Gasteiger partial charge in [0.05, 0.1) is 17.7 Å². The van der Waals surface area contributed by atoms with Crippen molar-refractivity contribution >= 4 is 21.4 Å². The third-order valence-corrected chi connectivity index (χ3v) is 5.11. The summed E-state index contributed by atoms with van der Waals surface area (Å²) in [6.07, 6.45) is 0. The number of sulfone groups is 1. The van der Waals surface area contributed by atoms with Crippen molar-refractivity contribution in [2.75, 3.05) is 19.0 Å². The van der Waals surface area contributed by atoms with Crippen molar-refractivity contribution in [3.8, 4) is 11.5 Å². The molecule has 0 saturated heterocycles. The number of rotatable bonds is 8. The van der Waals surface area contributed by atoms with Crippen molar-refractivity contribution in [2.24, 2.45) is 5.73 Å². The van der Waals surface area contributed by atoms with Crippen LogP contribution < -0.4 is 20.5 Å². The van der Waals surface area contributed by atoms with Gasteiger partial charge in [0.1, 0.15) is 0 Å². The second kappa shape index (κ2) is 8.38. The number of hydrogen-bond acceptors (Lipinski definition) is 6. The van der Waals surface area contributed by atoms with E-state index in [0.717, 1.165) is 6.07 Å². The number of nitrogens with one attached hydrogen (secondary N) is 1. The Kier molecular flexibility index (Phi) is 6.39. The molecule has 1 amide bonds. The van der Waals surface area contributed by atoms with Gasteiger partial charge >= 0.3 is 5.51 Å². The number of anilines is 1. The minimum Gasteiger partial charge on any atom is -0.493 e. The van der Waals surface area contributed by atoms with E-state index in [1.165, 1.54) is 37.4 Å². The molecule has 0 aliphatic heterocycles. The summed E-state index contributed by atoms with van der Waals surface area (Å²) in [4.78, 5) is 9.93. The van der Waals surface area contributed by atoms with Crippen LogP contribution in [0.15, 0.2) is 47.4 Å². The number of carbonyl (C=O) groups excluding carboxylic acids is 1. The minimum atomic E-state index is -5.50. The maximum Gasteiger partial charge on any atom is 0.501 e. The Labute approximate surface area is 159 Å². The maximum atomic E-state index is 12.9. The molecule has 0 aliphatic rings. The van der Waals surface area contributed by atoms with Crippen LogP contribution in [0.4, 0.5) is 18.9 Å². The fourth-order valence-electron chi connectivity index (χ4n) is 2.26. The first-order valence-electron chi connectivity index (χ1n) is 7.78. The van der Waals surface area contributed by atoms with E-state index < -0.39 is 26.1 Å². The lowest BCUT2D eigenvalue weighted by molar-refractivity contribution is -0.119. The Morgan fingerprint density at radius 2 is 1.82 bits per heavy atom. The second-order valence-corrected chi connectivity index (χ2v) is 7.45. The number of carbonyl (C=O) groups is 1. The Morgan fingerprint density at radius 3 is 2.43 bits per heavy atom. The van der Waals surface area contributed by atoms with Crippen LogP contribution in [0.3, 0.4) is 0 Å². The number of nitrogens with two attached hydrogens (primary N) is 1. The third kappa shape index (κ3) is 4.85. The quantitative estimate of drug-likeness (QED) is 0.682. The number of hydrogen-bond donors (Lipinski definition) is 2. The maximum absolute atomic E-state index is 12.9. The van der Waals surface area contributed by atoms with Crippen molar-refractivity contribution in [1.82, 2.24) is 0 Å². The highest BCUT2D eigenvalue weighted by Gasteiger charge is 2.47. The van der Waals surface area contributed by atoms with Crippen molar-refractivity contribution in [2.45, 2.75) is 16.9 Å². The molecule has 0 fully saturated rings. The molecule has 7 nitrogen and oxygen atoms in total. The van der Waals surface area contributed by atoms with Gasteiger partial charge in [-0.05, 0) is 29.8 Å². The molecular formula is C17H17F3N2O5S. The summed E-state index contributed by atoms with van der Waals surface area (Å²) in [7, 11) is -4.13. The van der Waals surface area contributed by atoms with Crippen LogP contribution in [0.5, 0.6) is 11.5 Å². The summed E-state index contributed by atoms with van der Waals surface area (Å²) >= 11 is 0. The van der Waals surface area contributed by atoms with E-state index in [9.17, 15) is 26.4 Å². The standard InChI is InChI=1S/C17H17F3N2O5S/c1-26-14-8-11(6-7-13(14)27-10-16(21)23)9-22-12-4-2-3-5-15(12)28(24,25)17(18,19)20/h2-8,22H,9-10H2,1H3,(H2,21,23). The molecule has 0 bridgehead atoms. The van der Waals surface area contributed by atoms with Crippen molar-refractivity contribution in [1.29, 1.82) is 0 Å². The summed E-state index contributed by atoms with van der Waals surface area (Å²) in [5.74, 6) is -0.142. The molecule has 2 aromatic carbocycles. The fraction of sp³-hybridized carbons (Fsp3) is 0.235. The van der Waals surface area contributed by atoms with Gasteiger partial charge < -0.3 is 20.5 Å². The van der Waals surface area contributed by atoms with E-state index in [-0.39, 0.29) is 30.3 Å². The summed E-state index contributed by atoms with van der Waals surface area (Å²) < 4.78 is 72.3. The number of para-hydroxylation sites is 1. The lowest BCUT2D eigenvalue weighted by Crippen LogP contribution is -2.24. The summed E-state index contributed by atoms with van der Waals surface area (Å²) in [5, 5.41) is 2.68. The fourth-order valence-corrected chi connectivity index (χ4v) is 3.20. The number of ether oxygens (including phenoxy) is 2. The van der Waals surface area contributed by atoms with Gasteiger partial charge in [-0.1, -0.05) is 18.2 Å². The predicted octanol–water partition coefficient (Wildman–Crippen LogP) is 2.46. The number of methoxy groups -OCH3 is 1. The molecule has 0 aliphatic carbocycles. The number of alkyl halides is 3. The molecule has 2 rings (SSSR count). The summed E-state index contributed by atoms with van der Waals surface area (Å²) in [5.41, 5.74) is -0.0150. The van der Waals surface area contributed by atoms with Crippen LogP contribution in [0.25, 0.3) is 0 Å². The van der Waals surface area contributed by atoms with E-state index in [2.05, 4.69) is 5.32 Å². The molecule has 0 saturated carbocycles. The molecule has 2 aromatic rings. The molecular weight excluding hydrogens is 401 g/mol. The Balaban J connectivity index is 2.23.